The van der Waals surface area contributed by atoms with Gasteiger partial charge < -0.3 is 0 Å². The molecule has 0 unspecified atom stereocenters. The van der Waals surface area contributed by atoms with Gasteiger partial charge in [-0.15, -0.1) is 0 Å². The number of hydrogen-bond acceptors (Lipinski definition) is 0. The molecule has 0 heterocycles. The van der Waals surface area contributed by atoms with Gasteiger partial charge in [0.05, 0.1) is 19.7 Å². The fourth-order valence-corrected chi connectivity index (χ4v) is 2.23. The molecule has 0 fully saturated rings. The number of rotatable bonds is 3. The highest BCUT2D eigenvalue weighted by Gasteiger charge is 2.31. The molecule has 1 nitrogen and oxygen atoms in total. The van der Waals surface area contributed by atoms with Gasteiger partial charge in [-0.2, -0.15) is 13.2 Å². The van der Waals surface area contributed by atoms with E-state index < -0.39 is 11.7 Å². The summed E-state index contributed by atoms with van der Waals surface area (Å²) in [6.07, 6.45) is -4.29. The van der Waals surface area contributed by atoms with Crippen molar-refractivity contribution in [1.29, 1.82) is 0 Å². The molecule has 0 radical (unpaired) electrons. The summed E-state index contributed by atoms with van der Waals surface area (Å²) >= 11 is 0. The monoisotopic (exact) mass is 280 g/mol. The maximum absolute atomic E-state index is 12.7. The van der Waals surface area contributed by atoms with Crippen LogP contribution in [0.4, 0.5) is 18.9 Å². The quantitative estimate of drug-likeness (QED) is 0.728. The second kappa shape index (κ2) is 5.29. The largest absolute Gasteiger partial charge is 0.416 e. The van der Waals surface area contributed by atoms with E-state index in [0.29, 0.717) is 16.6 Å². The average Bonchev–Trinajstić information content (AvgIpc) is 2.38. The standard InChI is InChI=1S/C16H17F3N/c1-20(2,15-9-4-3-5-10-15)12-13-7-6-8-14(11-13)16(17,18)19/h3-11H,12H2,1-2H3/q+1. The Kier molecular flexibility index (Phi) is 3.86. The molecule has 2 aromatic carbocycles. The van der Waals surface area contributed by atoms with Gasteiger partial charge in [0, 0.05) is 5.56 Å². The van der Waals surface area contributed by atoms with Crippen molar-refractivity contribution < 1.29 is 13.2 Å². The van der Waals surface area contributed by atoms with Crippen LogP contribution in [-0.2, 0) is 12.7 Å². The van der Waals surface area contributed by atoms with E-state index in [1.165, 1.54) is 12.1 Å². The van der Waals surface area contributed by atoms with Gasteiger partial charge in [-0.25, -0.2) is 0 Å². The lowest BCUT2D eigenvalue weighted by molar-refractivity contribution is -0.137. The molecule has 0 bridgehead atoms. The Morgan fingerprint density at radius 2 is 1.55 bits per heavy atom. The molecule has 0 aliphatic heterocycles. The van der Waals surface area contributed by atoms with E-state index in [-0.39, 0.29) is 0 Å². The molecule has 0 atom stereocenters. The van der Waals surface area contributed by atoms with E-state index in [1.54, 1.807) is 6.07 Å². The maximum Gasteiger partial charge on any atom is 0.416 e. The summed E-state index contributed by atoms with van der Waals surface area (Å²) in [6.45, 7) is 0.508. The third kappa shape index (κ3) is 3.39. The van der Waals surface area contributed by atoms with Crippen LogP contribution in [0.25, 0.3) is 0 Å². The van der Waals surface area contributed by atoms with Crippen LogP contribution in [0.2, 0.25) is 0 Å². The maximum atomic E-state index is 12.7. The van der Waals surface area contributed by atoms with E-state index >= 15 is 0 Å². The van der Waals surface area contributed by atoms with Gasteiger partial charge >= 0.3 is 6.18 Å². The SMILES string of the molecule is C[N+](C)(Cc1cccc(C(F)(F)F)c1)c1ccccc1. The van der Waals surface area contributed by atoms with Crippen molar-refractivity contribution in [3.8, 4) is 0 Å². The van der Waals surface area contributed by atoms with Crippen LogP contribution >= 0.6 is 0 Å². The minimum absolute atomic E-state index is 0.502. The number of hydrogen-bond donors (Lipinski definition) is 0. The zero-order chi connectivity index (χ0) is 14.8. The first-order chi connectivity index (χ1) is 9.29. The molecule has 20 heavy (non-hydrogen) atoms. The van der Waals surface area contributed by atoms with Crippen LogP contribution < -0.4 is 4.48 Å². The molecule has 0 amide bonds. The Labute approximate surface area is 116 Å². The molecular weight excluding hydrogens is 263 g/mol. The Bertz CT molecular complexity index is 574. The van der Waals surface area contributed by atoms with Crippen molar-refractivity contribution in [3.63, 3.8) is 0 Å². The number of quaternary nitrogens is 1. The highest BCUT2D eigenvalue weighted by molar-refractivity contribution is 5.42. The van der Waals surface area contributed by atoms with Crippen LogP contribution in [0.1, 0.15) is 11.1 Å². The Hall–Kier alpha value is -1.81. The second-order valence-corrected chi connectivity index (χ2v) is 5.38. The molecule has 0 N–H and O–H groups in total. The van der Waals surface area contributed by atoms with E-state index in [1.807, 2.05) is 44.4 Å². The Morgan fingerprint density at radius 1 is 0.900 bits per heavy atom. The van der Waals surface area contributed by atoms with Crippen molar-refractivity contribution in [1.82, 2.24) is 4.48 Å². The van der Waals surface area contributed by atoms with Gasteiger partial charge in [0.2, 0.25) is 0 Å². The second-order valence-electron chi connectivity index (χ2n) is 5.38. The third-order valence-corrected chi connectivity index (χ3v) is 3.29. The van der Waals surface area contributed by atoms with Crippen LogP contribution in [-0.4, -0.2) is 14.1 Å². The zero-order valence-electron chi connectivity index (χ0n) is 11.5. The summed E-state index contributed by atoms with van der Waals surface area (Å²) in [7, 11) is 3.96. The molecule has 0 aromatic heterocycles. The van der Waals surface area contributed by atoms with Crippen molar-refractivity contribution in [3.05, 3.63) is 65.7 Å². The smallest absolute Gasteiger partial charge is 0.292 e. The molecule has 2 aromatic rings. The summed E-state index contributed by atoms with van der Waals surface area (Å²) < 4.78 is 38.7. The lowest BCUT2D eigenvalue weighted by Gasteiger charge is -2.29. The van der Waals surface area contributed by atoms with Gasteiger partial charge in [0.25, 0.3) is 0 Å². The van der Waals surface area contributed by atoms with Crippen molar-refractivity contribution in [2.24, 2.45) is 0 Å². The van der Waals surface area contributed by atoms with Gasteiger partial charge in [-0.05, 0) is 24.3 Å². The number of alkyl halides is 3. The number of halogens is 3. The molecule has 0 spiro atoms. The lowest BCUT2D eigenvalue weighted by atomic mass is 10.1. The van der Waals surface area contributed by atoms with Crippen LogP contribution in [0.15, 0.2) is 54.6 Å². The molecule has 0 aliphatic rings. The molecule has 0 saturated heterocycles. The first kappa shape index (κ1) is 14.6. The molecule has 0 saturated carbocycles. The highest BCUT2D eigenvalue weighted by atomic mass is 19.4. The van der Waals surface area contributed by atoms with E-state index in [9.17, 15) is 13.2 Å². The van der Waals surface area contributed by atoms with E-state index in [0.717, 1.165) is 11.8 Å². The Balaban J connectivity index is 2.26. The molecule has 0 aliphatic carbocycles. The van der Waals surface area contributed by atoms with Crippen LogP contribution in [0, 0.1) is 0 Å². The van der Waals surface area contributed by atoms with Gasteiger partial charge in [0.1, 0.15) is 12.2 Å². The fourth-order valence-electron chi connectivity index (χ4n) is 2.23. The molecule has 106 valence electrons. The minimum atomic E-state index is -4.29. The van der Waals surface area contributed by atoms with E-state index in [4.69, 9.17) is 0 Å². The highest BCUT2D eigenvalue weighted by Crippen LogP contribution is 2.30. The average molecular weight is 280 g/mol. The molecule has 2 rings (SSSR count). The summed E-state index contributed by atoms with van der Waals surface area (Å²) in [5.41, 5.74) is 1.14. The fraction of sp³-hybridized carbons (Fsp3) is 0.250. The van der Waals surface area contributed by atoms with Gasteiger partial charge in [0.15, 0.2) is 0 Å². The summed E-state index contributed by atoms with van der Waals surface area (Å²) in [6, 6.07) is 15.3. The number of nitrogens with zero attached hydrogens (tertiary/aromatic N) is 1. The zero-order valence-corrected chi connectivity index (χ0v) is 11.5. The first-order valence-electron chi connectivity index (χ1n) is 6.34. The molecule has 4 heteroatoms. The predicted octanol–water partition coefficient (Wildman–Crippen LogP) is 4.47. The normalized spacial score (nSPS) is 12.4. The van der Waals surface area contributed by atoms with Gasteiger partial charge in [-0.3, -0.25) is 4.48 Å². The van der Waals surface area contributed by atoms with Crippen molar-refractivity contribution in [2.45, 2.75) is 12.7 Å². The summed E-state index contributed by atoms with van der Waals surface area (Å²) in [5.74, 6) is 0. The molecular formula is C16H17F3N+. The van der Waals surface area contributed by atoms with Gasteiger partial charge in [-0.1, -0.05) is 30.3 Å². The summed E-state index contributed by atoms with van der Waals surface area (Å²) in [5, 5.41) is 0. The van der Waals surface area contributed by atoms with E-state index in [2.05, 4.69) is 0 Å². The topological polar surface area (TPSA) is 0 Å². The van der Waals surface area contributed by atoms with Crippen LogP contribution in [0.5, 0.6) is 0 Å². The van der Waals surface area contributed by atoms with Crippen molar-refractivity contribution >= 4 is 5.69 Å². The Morgan fingerprint density at radius 3 is 2.15 bits per heavy atom. The lowest BCUT2D eigenvalue weighted by Crippen LogP contribution is -2.39. The third-order valence-electron chi connectivity index (χ3n) is 3.29. The number of para-hydroxylation sites is 1. The van der Waals surface area contributed by atoms with Crippen molar-refractivity contribution in [2.75, 3.05) is 14.1 Å². The minimum Gasteiger partial charge on any atom is -0.292 e. The summed E-state index contributed by atoms with van der Waals surface area (Å²) in [4.78, 5) is 0. The van der Waals surface area contributed by atoms with Crippen LogP contribution in [0.3, 0.4) is 0 Å². The predicted molar refractivity (Wildman–Crippen MR) is 75.2 cm³/mol. The number of benzene rings is 2. The first-order valence-corrected chi connectivity index (χ1v) is 6.34.